The minimum atomic E-state index is 0. The Morgan fingerprint density at radius 2 is 0.667 bits per heavy atom. The molecule has 0 amide bonds. The van der Waals surface area contributed by atoms with Crippen molar-refractivity contribution in [2.75, 3.05) is 0 Å². The predicted molar refractivity (Wildman–Crippen MR) is 7.81 cm³/mol. The van der Waals surface area contributed by atoms with Gasteiger partial charge in [0.2, 0.25) is 0 Å². The van der Waals surface area contributed by atoms with Crippen LogP contribution < -0.4 is 0 Å². The van der Waals surface area contributed by atoms with E-state index < -0.39 is 0 Å². The smallest absolute Gasteiger partial charge is 2.00 e. The van der Waals surface area contributed by atoms with Gasteiger partial charge in [0, 0.05) is 0 Å². The van der Waals surface area contributed by atoms with Gasteiger partial charge in [0.25, 0.3) is 0 Å². The van der Waals surface area contributed by atoms with Crippen LogP contribution in [0.5, 0.6) is 0 Å². The molecule has 0 heterocycles. The first-order valence-electron chi connectivity index (χ1n) is 0. The van der Waals surface area contributed by atoms with Crippen molar-refractivity contribution in [3.05, 3.63) is 0 Å². The van der Waals surface area contributed by atoms with Crippen LogP contribution in [0, 0.1) is 0 Å². The maximum absolute atomic E-state index is 0. The Morgan fingerprint density at radius 1 is 0.667 bits per heavy atom. The van der Waals surface area contributed by atoms with Crippen molar-refractivity contribution in [1.82, 2.24) is 0 Å². The molecule has 0 rings (SSSR count). The predicted octanol–water partition coefficient (Wildman–Crippen LogP) is -0.742. The molecule has 24 valence electrons. The summed E-state index contributed by atoms with van der Waals surface area (Å²) < 4.78 is 0. The molecule has 6 heteroatoms. The van der Waals surface area contributed by atoms with E-state index in [1.807, 2.05) is 0 Å². The van der Waals surface area contributed by atoms with E-state index in [0.717, 1.165) is 0 Å². The number of hydrogen-bond donors (Lipinski definition) is 0. The normalized spacial score (nSPS) is 0. The van der Waals surface area contributed by atoms with E-state index in [0.29, 0.717) is 0 Å². The summed E-state index contributed by atoms with van der Waals surface area (Å²) in [6.07, 6.45) is 0. The maximum Gasteiger partial charge on any atom is 4.00 e. The Balaban J connectivity index is 0. The third kappa shape index (κ3) is 32.4. The summed E-state index contributed by atoms with van der Waals surface area (Å²) in [4.78, 5) is 0. The fraction of sp³-hybridized carbons (Fsp3) is 0. The zero-order valence-electron chi connectivity index (χ0n) is 2.88. The van der Waals surface area contributed by atoms with E-state index in [1.165, 1.54) is 0 Å². The molecule has 0 aromatic carbocycles. The summed E-state index contributed by atoms with van der Waals surface area (Å²) in [5.41, 5.74) is 0. The summed E-state index contributed by atoms with van der Waals surface area (Å²) in [6.45, 7) is 0. The van der Waals surface area contributed by atoms with Crippen molar-refractivity contribution in [2.24, 2.45) is 0 Å². The van der Waals surface area contributed by atoms with E-state index >= 15 is 0 Å². The first kappa shape index (κ1) is 79.9. The Hall–Kier alpha value is 2.40. The van der Waals surface area contributed by atoms with Crippen molar-refractivity contribution >= 4 is 17.4 Å². The van der Waals surface area contributed by atoms with E-state index in [9.17, 15) is 0 Å². The SMILES string of the molecule is [Al+3].[O-2].[O-2].[O-2].[Y+3].[Zr+4]. The summed E-state index contributed by atoms with van der Waals surface area (Å²) in [5, 5.41) is 0. The molecule has 0 aliphatic rings. The largest absolute Gasteiger partial charge is 4.00 e. The third-order valence-electron chi connectivity index (χ3n) is 0. The zero-order chi connectivity index (χ0) is 0. The van der Waals surface area contributed by atoms with Crippen molar-refractivity contribution in [2.45, 2.75) is 0 Å². The fourth-order valence-electron chi connectivity index (χ4n) is 0. The Bertz CT molecular complexity index is 10.8. The molecule has 0 unspecified atom stereocenters. The van der Waals surface area contributed by atoms with Gasteiger partial charge in [-0.1, -0.05) is 0 Å². The first-order chi connectivity index (χ1) is 0. The second kappa shape index (κ2) is 52.6. The summed E-state index contributed by atoms with van der Waals surface area (Å²) in [6, 6.07) is 0. The van der Waals surface area contributed by atoms with Gasteiger partial charge in [0.15, 0.2) is 0 Å². The summed E-state index contributed by atoms with van der Waals surface area (Å²) in [5.74, 6) is 0. The minimum absolute atomic E-state index is 0. The van der Waals surface area contributed by atoms with Crippen molar-refractivity contribution in [3.8, 4) is 0 Å². The minimum Gasteiger partial charge on any atom is -2.00 e. The third-order valence-corrected chi connectivity index (χ3v) is 0. The van der Waals surface area contributed by atoms with Crippen LogP contribution in [0.15, 0.2) is 0 Å². The molecule has 3 nitrogen and oxygen atoms in total. The fourth-order valence-corrected chi connectivity index (χ4v) is 0. The van der Waals surface area contributed by atoms with E-state index in [1.54, 1.807) is 0 Å². The molecule has 0 aromatic heterocycles. The van der Waals surface area contributed by atoms with Crippen LogP contribution in [0.4, 0.5) is 0 Å². The van der Waals surface area contributed by atoms with Gasteiger partial charge < -0.3 is 16.4 Å². The van der Waals surface area contributed by atoms with Gasteiger partial charge in [-0.05, 0) is 0 Å². The van der Waals surface area contributed by atoms with Gasteiger partial charge in [0.05, 0.1) is 0 Å². The second-order valence-corrected chi connectivity index (χ2v) is 0. The summed E-state index contributed by atoms with van der Waals surface area (Å²) in [7, 11) is 0. The molecular formula is AlO3YZr+4. The van der Waals surface area contributed by atoms with E-state index in [2.05, 4.69) is 0 Å². The van der Waals surface area contributed by atoms with Gasteiger partial charge in [-0.15, -0.1) is 0 Å². The molecule has 0 bridgehead atoms. The number of hydrogen-bond acceptors (Lipinski definition) is 0. The van der Waals surface area contributed by atoms with Crippen LogP contribution in [0.3, 0.4) is 0 Å². The Kier molecular flexibility index (Phi) is 701. The molecule has 0 aliphatic heterocycles. The molecule has 0 radical (unpaired) electrons. The zero-order valence-corrected chi connectivity index (χ0v) is 9.33. The molecule has 0 aromatic rings. The maximum atomic E-state index is 0. The molecule has 0 atom stereocenters. The molecule has 0 saturated carbocycles. The summed E-state index contributed by atoms with van der Waals surface area (Å²) >= 11 is 0. The van der Waals surface area contributed by atoms with Crippen LogP contribution in [0.2, 0.25) is 0 Å². The quantitative estimate of drug-likeness (QED) is 0.510. The van der Waals surface area contributed by atoms with Crippen LogP contribution >= 0.6 is 0 Å². The molecule has 0 aliphatic carbocycles. The molecule has 0 spiro atoms. The second-order valence-electron chi connectivity index (χ2n) is 0. The molecule has 0 N–H and O–H groups in total. The van der Waals surface area contributed by atoms with Crippen molar-refractivity contribution < 1.29 is 75.3 Å². The first-order valence-corrected chi connectivity index (χ1v) is 0. The van der Waals surface area contributed by atoms with Crippen LogP contribution in [-0.2, 0) is 75.3 Å². The molecular weight excluding hydrogens is 255 g/mol. The topological polar surface area (TPSA) is 85.5 Å². The van der Waals surface area contributed by atoms with Gasteiger partial charge in [0.1, 0.15) is 0 Å². The van der Waals surface area contributed by atoms with Crippen LogP contribution in [0.25, 0.3) is 0 Å². The van der Waals surface area contributed by atoms with Gasteiger partial charge in [-0.2, -0.15) is 0 Å². The van der Waals surface area contributed by atoms with Crippen molar-refractivity contribution in [3.63, 3.8) is 0 Å². The number of rotatable bonds is 0. The standard InChI is InChI=1S/Al.3O.Y.Zr/q+3;3*-2;+3;+4. The van der Waals surface area contributed by atoms with Gasteiger partial charge in [-0.25, -0.2) is 0 Å². The molecule has 6 heavy (non-hydrogen) atoms. The van der Waals surface area contributed by atoms with Crippen LogP contribution in [-0.4, -0.2) is 17.4 Å². The average molecular weight is 255 g/mol. The van der Waals surface area contributed by atoms with Crippen LogP contribution in [0.1, 0.15) is 0 Å². The van der Waals surface area contributed by atoms with Gasteiger partial charge >= 0.3 is 76.3 Å². The van der Waals surface area contributed by atoms with Gasteiger partial charge in [-0.3, -0.25) is 0 Å². The molecule has 0 saturated heterocycles. The van der Waals surface area contributed by atoms with Crippen molar-refractivity contribution in [1.29, 1.82) is 0 Å². The Labute approximate surface area is 91.3 Å². The monoisotopic (exact) mass is 254 g/mol. The Morgan fingerprint density at radius 3 is 0.667 bits per heavy atom. The average Bonchev–Trinajstić information content (AvgIpc) is 0. The van der Waals surface area contributed by atoms with E-state index in [-0.39, 0.29) is 92.7 Å². The van der Waals surface area contributed by atoms with E-state index in [4.69, 9.17) is 0 Å². The molecule has 0 fully saturated rings.